The van der Waals surface area contributed by atoms with Crippen LogP contribution >= 0.6 is 0 Å². The second-order valence-electron chi connectivity index (χ2n) is 5.85. The number of pyridine rings is 1. The molecule has 5 heteroatoms. The summed E-state index contributed by atoms with van der Waals surface area (Å²) < 4.78 is 2.07. The molecule has 1 N–H and O–H groups in total. The van der Waals surface area contributed by atoms with Crippen LogP contribution in [0.15, 0.2) is 30.6 Å². The van der Waals surface area contributed by atoms with Gasteiger partial charge in [0.2, 0.25) is 0 Å². The van der Waals surface area contributed by atoms with Crippen molar-refractivity contribution in [1.29, 1.82) is 0 Å². The van der Waals surface area contributed by atoms with Crippen LogP contribution in [0, 0.1) is 0 Å². The van der Waals surface area contributed by atoms with E-state index < -0.39 is 0 Å². The van der Waals surface area contributed by atoms with Gasteiger partial charge in [0.1, 0.15) is 11.6 Å². The van der Waals surface area contributed by atoms with Crippen LogP contribution in [0.3, 0.4) is 0 Å². The summed E-state index contributed by atoms with van der Waals surface area (Å²) >= 11 is 0. The molecule has 0 aromatic carbocycles. The molecule has 2 aromatic heterocycles. The van der Waals surface area contributed by atoms with Gasteiger partial charge in [-0.2, -0.15) is 0 Å². The largest absolute Gasteiger partial charge is 0.395 e. The number of nitrogens with zero attached hydrogens (tertiary/aromatic N) is 4. The average molecular weight is 300 g/mol. The molecule has 1 unspecified atom stereocenters. The van der Waals surface area contributed by atoms with E-state index in [1.807, 2.05) is 18.5 Å². The lowest BCUT2D eigenvalue weighted by Crippen LogP contribution is -2.36. The Balaban J connectivity index is 1.82. The highest BCUT2D eigenvalue weighted by Gasteiger charge is 2.22. The van der Waals surface area contributed by atoms with Crippen molar-refractivity contribution in [2.45, 2.75) is 32.1 Å². The highest BCUT2D eigenvalue weighted by Crippen LogP contribution is 2.26. The number of imidazole rings is 1. The summed E-state index contributed by atoms with van der Waals surface area (Å²) in [5.41, 5.74) is 1.15. The van der Waals surface area contributed by atoms with Gasteiger partial charge in [-0.3, -0.25) is 4.57 Å². The molecule has 1 fully saturated rings. The van der Waals surface area contributed by atoms with Gasteiger partial charge in [-0.1, -0.05) is 13.0 Å². The molecule has 5 nitrogen and oxygen atoms in total. The Hall–Kier alpha value is -1.72. The first-order valence-corrected chi connectivity index (χ1v) is 8.14. The zero-order valence-corrected chi connectivity index (χ0v) is 13.1. The molecule has 1 aliphatic rings. The van der Waals surface area contributed by atoms with Crippen molar-refractivity contribution in [2.24, 2.45) is 0 Å². The van der Waals surface area contributed by atoms with E-state index >= 15 is 0 Å². The third-order valence-electron chi connectivity index (χ3n) is 4.38. The van der Waals surface area contributed by atoms with E-state index in [1.54, 1.807) is 0 Å². The number of aliphatic hydroxyl groups is 1. The number of aliphatic hydroxyl groups excluding tert-OH is 1. The lowest BCUT2D eigenvalue weighted by atomic mass is 9.94. The predicted octanol–water partition coefficient (Wildman–Crippen LogP) is 2.00. The molecular formula is C17H24N4O. The van der Waals surface area contributed by atoms with Gasteiger partial charge in [0.25, 0.3) is 0 Å². The fraction of sp³-hybridized carbons (Fsp3) is 0.529. The highest BCUT2D eigenvalue weighted by atomic mass is 16.3. The molecule has 118 valence electrons. The fourth-order valence-corrected chi connectivity index (χ4v) is 3.25. The van der Waals surface area contributed by atoms with Crippen molar-refractivity contribution in [3.63, 3.8) is 0 Å². The zero-order chi connectivity index (χ0) is 15.4. The van der Waals surface area contributed by atoms with Gasteiger partial charge in [0.15, 0.2) is 0 Å². The molecule has 22 heavy (non-hydrogen) atoms. The number of aryl methyl sites for hydroxylation is 1. The quantitative estimate of drug-likeness (QED) is 0.917. The molecule has 1 aliphatic heterocycles. The molecule has 0 bridgehead atoms. The van der Waals surface area contributed by atoms with Crippen LogP contribution in [0.2, 0.25) is 0 Å². The van der Waals surface area contributed by atoms with E-state index in [0.717, 1.165) is 43.4 Å². The number of piperidine rings is 1. The van der Waals surface area contributed by atoms with E-state index in [1.165, 1.54) is 12.8 Å². The molecule has 1 atom stereocenters. The van der Waals surface area contributed by atoms with Crippen LogP contribution in [0.5, 0.6) is 0 Å². The lowest BCUT2D eigenvalue weighted by molar-refractivity contribution is 0.160. The molecule has 0 radical (unpaired) electrons. The van der Waals surface area contributed by atoms with Crippen LogP contribution < -0.4 is 0 Å². The molecule has 0 spiro atoms. The second kappa shape index (κ2) is 7.03. The Morgan fingerprint density at radius 2 is 2.27 bits per heavy atom. The molecular weight excluding hydrogens is 276 g/mol. The summed E-state index contributed by atoms with van der Waals surface area (Å²) in [5, 5.41) is 9.13. The van der Waals surface area contributed by atoms with Crippen LogP contribution in [0.25, 0.3) is 5.82 Å². The molecule has 0 amide bonds. The monoisotopic (exact) mass is 300 g/mol. The number of hydrogen-bond donors (Lipinski definition) is 1. The number of aromatic nitrogens is 3. The van der Waals surface area contributed by atoms with E-state index in [0.29, 0.717) is 5.92 Å². The smallest absolute Gasteiger partial charge is 0.138 e. The maximum absolute atomic E-state index is 9.13. The Kier molecular flexibility index (Phi) is 4.85. The van der Waals surface area contributed by atoms with Crippen molar-refractivity contribution in [2.75, 3.05) is 26.2 Å². The molecule has 1 saturated heterocycles. The second-order valence-corrected chi connectivity index (χ2v) is 5.85. The van der Waals surface area contributed by atoms with Crippen LogP contribution in [0.4, 0.5) is 0 Å². The first-order chi connectivity index (χ1) is 10.8. The number of β-amino-alcohol motifs (C(OH)–C–C–N with tert-alkyl or cyclic N) is 1. The molecule has 3 rings (SSSR count). The summed E-state index contributed by atoms with van der Waals surface area (Å²) in [5.74, 6) is 2.44. The van der Waals surface area contributed by atoms with Crippen LogP contribution in [-0.2, 0) is 6.42 Å². The van der Waals surface area contributed by atoms with Crippen molar-refractivity contribution >= 4 is 0 Å². The van der Waals surface area contributed by atoms with Gasteiger partial charge in [-0.15, -0.1) is 0 Å². The first kappa shape index (κ1) is 15.2. The van der Waals surface area contributed by atoms with Crippen molar-refractivity contribution in [3.05, 3.63) is 42.1 Å². The minimum atomic E-state index is 0.231. The predicted molar refractivity (Wildman–Crippen MR) is 86.2 cm³/mol. The summed E-state index contributed by atoms with van der Waals surface area (Å²) in [7, 11) is 0. The lowest BCUT2D eigenvalue weighted by Gasteiger charge is -2.32. The van der Waals surface area contributed by atoms with Gasteiger partial charge < -0.3 is 10.0 Å². The molecule has 3 heterocycles. The Bertz CT molecular complexity index is 608. The number of rotatable bonds is 5. The topological polar surface area (TPSA) is 54.2 Å². The fourth-order valence-electron chi connectivity index (χ4n) is 3.25. The third kappa shape index (κ3) is 3.20. The SMILES string of the molecule is CCc1nccn1-c1cccc(C2CCCN(CCO)C2)n1. The standard InChI is InChI=1S/C17H24N4O/c1-2-16-18-8-10-21(16)17-7-3-6-15(19-17)14-5-4-9-20(13-14)11-12-22/h3,6-8,10,14,22H,2,4-5,9,11-13H2,1H3. The minimum Gasteiger partial charge on any atom is -0.395 e. The van der Waals surface area contributed by atoms with E-state index in [2.05, 4.69) is 33.5 Å². The van der Waals surface area contributed by atoms with Crippen molar-refractivity contribution in [3.8, 4) is 5.82 Å². The normalized spacial score (nSPS) is 19.5. The minimum absolute atomic E-state index is 0.231. The number of hydrogen-bond acceptors (Lipinski definition) is 4. The Morgan fingerprint density at radius 3 is 3.09 bits per heavy atom. The van der Waals surface area contributed by atoms with Crippen molar-refractivity contribution < 1.29 is 5.11 Å². The summed E-state index contributed by atoms with van der Waals surface area (Å²) in [6.45, 7) is 5.17. The third-order valence-corrected chi connectivity index (χ3v) is 4.38. The van der Waals surface area contributed by atoms with Gasteiger partial charge in [0, 0.05) is 43.5 Å². The van der Waals surface area contributed by atoms with E-state index in [4.69, 9.17) is 10.1 Å². The summed E-state index contributed by atoms with van der Waals surface area (Å²) in [6, 6.07) is 6.25. The molecule has 2 aromatic rings. The van der Waals surface area contributed by atoms with Gasteiger partial charge >= 0.3 is 0 Å². The van der Waals surface area contributed by atoms with Crippen LogP contribution in [-0.4, -0.2) is 50.8 Å². The Labute approximate surface area is 131 Å². The average Bonchev–Trinajstić information content (AvgIpc) is 3.04. The van der Waals surface area contributed by atoms with Gasteiger partial charge in [0.05, 0.1) is 6.61 Å². The maximum atomic E-state index is 9.13. The number of likely N-dealkylation sites (tertiary alicyclic amines) is 1. The highest BCUT2D eigenvalue weighted by molar-refractivity contribution is 5.28. The van der Waals surface area contributed by atoms with Gasteiger partial charge in [-0.05, 0) is 31.5 Å². The molecule has 0 aliphatic carbocycles. The summed E-state index contributed by atoms with van der Waals surface area (Å²) in [4.78, 5) is 11.6. The van der Waals surface area contributed by atoms with E-state index in [9.17, 15) is 0 Å². The summed E-state index contributed by atoms with van der Waals surface area (Å²) in [6.07, 6.45) is 7.04. The van der Waals surface area contributed by atoms with Crippen LogP contribution in [0.1, 0.15) is 37.2 Å². The zero-order valence-electron chi connectivity index (χ0n) is 13.1. The Morgan fingerprint density at radius 1 is 1.36 bits per heavy atom. The van der Waals surface area contributed by atoms with E-state index in [-0.39, 0.29) is 6.61 Å². The first-order valence-electron chi connectivity index (χ1n) is 8.14. The maximum Gasteiger partial charge on any atom is 0.138 e. The van der Waals surface area contributed by atoms with Crippen molar-refractivity contribution in [1.82, 2.24) is 19.4 Å². The molecule has 0 saturated carbocycles. The van der Waals surface area contributed by atoms with Gasteiger partial charge in [-0.25, -0.2) is 9.97 Å².